The van der Waals surface area contributed by atoms with Crippen LogP contribution in [0.4, 0.5) is 0 Å². The molecule has 114 valence electrons. The van der Waals surface area contributed by atoms with E-state index >= 15 is 0 Å². The number of rotatable bonds is 2. The van der Waals surface area contributed by atoms with E-state index in [1.54, 1.807) is 4.52 Å². The minimum atomic E-state index is 0.260. The molecule has 0 aliphatic carbocycles. The number of benzene rings is 2. The molecule has 0 saturated carbocycles. The quantitative estimate of drug-likeness (QED) is 0.567. The van der Waals surface area contributed by atoms with Crippen LogP contribution >= 0.6 is 0 Å². The van der Waals surface area contributed by atoms with Gasteiger partial charge in [0.25, 0.3) is 0 Å². The van der Waals surface area contributed by atoms with Crippen molar-refractivity contribution in [1.29, 1.82) is 5.26 Å². The zero-order chi connectivity index (χ0) is 16.5. The highest BCUT2D eigenvalue weighted by Crippen LogP contribution is 2.30. The number of aromatic nitrogens is 4. The van der Waals surface area contributed by atoms with Crippen molar-refractivity contribution in [2.45, 2.75) is 6.92 Å². The summed E-state index contributed by atoms with van der Waals surface area (Å²) in [5.41, 5.74) is 5.27. The van der Waals surface area contributed by atoms with Gasteiger partial charge in [-0.15, -0.1) is 10.2 Å². The van der Waals surface area contributed by atoms with Gasteiger partial charge in [0.2, 0.25) is 0 Å². The van der Waals surface area contributed by atoms with Gasteiger partial charge >= 0.3 is 0 Å². The van der Waals surface area contributed by atoms with Gasteiger partial charge in [-0.3, -0.25) is 0 Å². The van der Waals surface area contributed by atoms with Gasteiger partial charge in [0.05, 0.1) is 11.3 Å². The number of hydrogen-bond acceptors (Lipinski definition) is 4. The fraction of sp³-hybridized carbons (Fsp3) is 0.0526. The smallest absolute Gasteiger partial charge is 0.189 e. The SMILES string of the molecule is Cc1nn2c(-c3ccccc3)c(C#N)nnc2c1-c1ccccc1. The first-order valence-corrected chi connectivity index (χ1v) is 7.56. The lowest BCUT2D eigenvalue weighted by molar-refractivity contribution is 0.876. The fourth-order valence-electron chi connectivity index (χ4n) is 2.88. The molecule has 0 amide bonds. The molecule has 4 rings (SSSR count). The molecule has 0 radical (unpaired) electrons. The van der Waals surface area contributed by atoms with Gasteiger partial charge in [0.1, 0.15) is 11.8 Å². The number of nitrogens with zero attached hydrogens (tertiary/aromatic N) is 5. The normalized spacial score (nSPS) is 10.7. The van der Waals surface area contributed by atoms with Crippen LogP contribution in [-0.2, 0) is 0 Å². The van der Waals surface area contributed by atoms with Crippen LogP contribution in [0.15, 0.2) is 60.7 Å². The summed E-state index contributed by atoms with van der Waals surface area (Å²) in [5, 5.41) is 22.5. The highest BCUT2D eigenvalue weighted by Gasteiger charge is 2.19. The fourth-order valence-corrected chi connectivity index (χ4v) is 2.88. The standard InChI is InChI=1S/C19H13N5/c1-13-17(14-8-4-2-5-9-14)19-22-21-16(12-20)18(24(19)23-13)15-10-6-3-7-11-15/h2-11H,1H3. The minimum absolute atomic E-state index is 0.260. The van der Waals surface area contributed by atoms with Gasteiger partial charge in [-0.05, 0) is 12.5 Å². The molecular weight excluding hydrogens is 298 g/mol. The Balaban J connectivity index is 2.08. The second-order valence-corrected chi connectivity index (χ2v) is 5.44. The molecule has 5 heteroatoms. The zero-order valence-electron chi connectivity index (χ0n) is 13.0. The molecule has 2 aromatic heterocycles. The average Bonchev–Trinajstić information content (AvgIpc) is 2.98. The Morgan fingerprint density at radius 1 is 0.875 bits per heavy atom. The van der Waals surface area contributed by atoms with Crippen LogP contribution in [0, 0.1) is 18.3 Å². The summed E-state index contributed by atoms with van der Waals surface area (Å²) >= 11 is 0. The summed E-state index contributed by atoms with van der Waals surface area (Å²) in [6, 6.07) is 21.8. The van der Waals surface area contributed by atoms with Gasteiger partial charge in [0, 0.05) is 5.56 Å². The Morgan fingerprint density at radius 3 is 2.12 bits per heavy atom. The summed E-state index contributed by atoms with van der Waals surface area (Å²) in [6.07, 6.45) is 0. The second-order valence-electron chi connectivity index (χ2n) is 5.44. The van der Waals surface area contributed by atoms with Crippen molar-refractivity contribution in [3.8, 4) is 28.5 Å². The van der Waals surface area contributed by atoms with E-state index in [0.29, 0.717) is 11.3 Å². The van der Waals surface area contributed by atoms with Crippen LogP contribution in [-0.4, -0.2) is 19.8 Å². The van der Waals surface area contributed by atoms with Crippen LogP contribution in [0.2, 0.25) is 0 Å². The first-order chi connectivity index (χ1) is 11.8. The molecule has 0 aliphatic heterocycles. The molecule has 0 N–H and O–H groups in total. The molecule has 0 spiro atoms. The van der Waals surface area contributed by atoms with Crippen LogP contribution in [0.1, 0.15) is 11.4 Å². The molecule has 2 heterocycles. The van der Waals surface area contributed by atoms with Crippen molar-refractivity contribution in [2.24, 2.45) is 0 Å². The predicted octanol–water partition coefficient (Wildman–Crippen LogP) is 3.64. The maximum absolute atomic E-state index is 9.44. The third-order valence-electron chi connectivity index (χ3n) is 3.93. The summed E-state index contributed by atoms with van der Waals surface area (Å²) in [4.78, 5) is 0. The lowest BCUT2D eigenvalue weighted by Crippen LogP contribution is -2.03. The lowest BCUT2D eigenvalue weighted by Gasteiger charge is -2.06. The molecule has 0 aliphatic rings. The maximum Gasteiger partial charge on any atom is 0.189 e. The average molecular weight is 311 g/mol. The molecule has 2 aromatic carbocycles. The monoisotopic (exact) mass is 311 g/mol. The van der Waals surface area contributed by atoms with Gasteiger partial charge in [0.15, 0.2) is 11.3 Å². The summed E-state index contributed by atoms with van der Waals surface area (Å²) < 4.78 is 1.72. The van der Waals surface area contributed by atoms with Crippen LogP contribution in [0.25, 0.3) is 28.0 Å². The predicted molar refractivity (Wildman–Crippen MR) is 91.1 cm³/mol. The van der Waals surface area contributed by atoms with E-state index in [-0.39, 0.29) is 5.69 Å². The Hall–Kier alpha value is -3.52. The molecule has 0 bridgehead atoms. The van der Waals surface area contributed by atoms with E-state index in [1.165, 1.54) is 0 Å². The lowest BCUT2D eigenvalue weighted by atomic mass is 10.1. The number of fused-ring (bicyclic) bond motifs is 1. The Bertz CT molecular complexity index is 1060. The first kappa shape index (κ1) is 14.1. The van der Waals surface area contributed by atoms with Crippen molar-refractivity contribution in [3.63, 3.8) is 0 Å². The molecule has 0 saturated heterocycles. The molecule has 0 unspecified atom stereocenters. The number of nitriles is 1. The van der Waals surface area contributed by atoms with Crippen LogP contribution in [0.3, 0.4) is 0 Å². The van der Waals surface area contributed by atoms with Crippen LogP contribution < -0.4 is 0 Å². The summed E-state index contributed by atoms with van der Waals surface area (Å²) in [5.74, 6) is 0. The highest BCUT2D eigenvalue weighted by atomic mass is 15.3. The van der Waals surface area contributed by atoms with E-state index < -0.39 is 0 Å². The summed E-state index contributed by atoms with van der Waals surface area (Å²) in [6.45, 7) is 1.94. The molecule has 24 heavy (non-hydrogen) atoms. The zero-order valence-corrected chi connectivity index (χ0v) is 13.0. The summed E-state index contributed by atoms with van der Waals surface area (Å²) in [7, 11) is 0. The molecular formula is C19H13N5. The van der Waals surface area contributed by atoms with Crippen molar-refractivity contribution in [1.82, 2.24) is 19.8 Å². The van der Waals surface area contributed by atoms with Gasteiger partial charge in [-0.2, -0.15) is 10.4 Å². The molecule has 0 fully saturated rings. The minimum Gasteiger partial charge on any atom is -0.209 e. The Labute approximate surface area is 138 Å². The van der Waals surface area contributed by atoms with E-state index in [0.717, 1.165) is 22.4 Å². The van der Waals surface area contributed by atoms with E-state index in [9.17, 15) is 5.26 Å². The molecule has 0 atom stereocenters. The topological polar surface area (TPSA) is 66.9 Å². The van der Waals surface area contributed by atoms with Gasteiger partial charge < -0.3 is 0 Å². The van der Waals surface area contributed by atoms with Crippen molar-refractivity contribution < 1.29 is 0 Å². The van der Waals surface area contributed by atoms with Gasteiger partial charge in [-0.1, -0.05) is 60.7 Å². The number of hydrogen-bond donors (Lipinski definition) is 0. The third kappa shape index (κ3) is 2.13. The first-order valence-electron chi connectivity index (χ1n) is 7.56. The van der Waals surface area contributed by atoms with Crippen LogP contribution in [0.5, 0.6) is 0 Å². The van der Waals surface area contributed by atoms with E-state index in [1.807, 2.05) is 67.6 Å². The second kappa shape index (κ2) is 5.60. The third-order valence-corrected chi connectivity index (χ3v) is 3.93. The number of aryl methyl sites for hydroxylation is 1. The van der Waals surface area contributed by atoms with Crippen molar-refractivity contribution >= 4 is 5.65 Å². The van der Waals surface area contributed by atoms with Crippen molar-refractivity contribution in [2.75, 3.05) is 0 Å². The largest absolute Gasteiger partial charge is 0.209 e. The maximum atomic E-state index is 9.44. The molecule has 4 aromatic rings. The van der Waals surface area contributed by atoms with E-state index in [4.69, 9.17) is 0 Å². The Kier molecular flexibility index (Phi) is 3.29. The van der Waals surface area contributed by atoms with E-state index in [2.05, 4.69) is 21.4 Å². The Morgan fingerprint density at radius 2 is 1.50 bits per heavy atom. The molecule has 5 nitrogen and oxygen atoms in total. The van der Waals surface area contributed by atoms with Crippen molar-refractivity contribution in [3.05, 3.63) is 72.1 Å². The van der Waals surface area contributed by atoms with Gasteiger partial charge in [-0.25, -0.2) is 4.52 Å². The highest BCUT2D eigenvalue weighted by molar-refractivity contribution is 5.81.